The van der Waals surface area contributed by atoms with Crippen LogP contribution in [0.25, 0.3) is 0 Å². The Balaban J connectivity index is 3.01. The van der Waals surface area contributed by atoms with E-state index in [1.807, 2.05) is 12.1 Å². The molecule has 2 N–H and O–H groups in total. The zero-order valence-electron chi connectivity index (χ0n) is 12.7. The molecule has 108 valence electrons. The van der Waals surface area contributed by atoms with Gasteiger partial charge in [-0.1, -0.05) is 38.5 Å². The van der Waals surface area contributed by atoms with Crippen molar-refractivity contribution in [3.8, 4) is 5.75 Å². The lowest BCUT2D eigenvalue weighted by Gasteiger charge is -2.33. The van der Waals surface area contributed by atoms with Crippen LogP contribution in [0, 0.1) is 0 Å². The third kappa shape index (κ3) is 4.22. The number of likely N-dealkylation sites (N-methyl/N-ethyl adjacent to an activating group) is 1. The van der Waals surface area contributed by atoms with Gasteiger partial charge >= 0.3 is 0 Å². The predicted molar refractivity (Wildman–Crippen MR) is 81.5 cm³/mol. The van der Waals surface area contributed by atoms with Gasteiger partial charge in [-0.25, -0.2) is 0 Å². The van der Waals surface area contributed by atoms with Crippen molar-refractivity contribution in [2.24, 2.45) is 5.73 Å². The molecule has 0 aliphatic rings. The number of rotatable bonds is 8. The van der Waals surface area contributed by atoms with E-state index in [2.05, 4.69) is 37.9 Å². The minimum absolute atomic E-state index is 0.123. The maximum Gasteiger partial charge on any atom is 0.123 e. The van der Waals surface area contributed by atoms with Crippen molar-refractivity contribution in [3.63, 3.8) is 0 Å². The molecule has 2 unspecified atom stereocenters. The second-order valence-electron chi connectivity index (χ2n) is 5.09. The van der Waals surface area contributed by atoms with Crippen LogP contribution in [0.3, 0.4) is 0 Å². The van der Waals surface area contributed by atoms with Crippen LogP contribution in [0.15, 0.2) is 24.3 Å². The molecule has 19 heavy (non-hydrogen) atoms. The maximum atomic E-state index is 6.35. The predicted octanol–water partition coefficient (Wildman–Crippen LogP) is 3.21. The monoisotopic (exact) mass is 264 g/mol. The Morgan fingerprint density at radius 3 is 2.53 bits per heavy atom. The summed E-state index contributed by atoms with van der Waals surface area (Å²) in [5.74, 6) is 0.930. The fraction of sp³-hybridized carbons (Fsp3) is 0.625. The van der Waals surface area contributed by atoms with Crippen LogP contribution in [-0.4, -0.2) is 31.6 Å². The number of para-hydroxylation sites is 1. The Labute approximate surface area is 117 Å². The average Bonchev–Trinajstić information content (AvgIpc) is 2.45. The van der Waals surface area contributed by atoms with E-state index in [0.29, 0.717) is 0 Å². The van der Waals surface area contributed by atoms with Gasteiger partial charge in [0.15, 0.2) is 0 Å². The summed E-state index contributed by atoms with van der Waals surface area (Å²) in [5.41, 5.74) is 7.54. The highest BCUT2D eigenvalue weighted by molar-refractivity contribution is 5.36. The zero-order valence-corrected chi connectivity index (χ0v) is 12.7. The first-order chi connectivity index (χ1) is 9.15. The molecule has 2 atom stereocenters. The largest absolute Gasteiger partial charge is 0.496 e. The Kier molecular flexibility index (Phi) is 6.89. The van der Waals surface area contributed by atoms with Gasteiger partial charge in [0.2, 0.25) is 0 Å². The van der Waals surface area contributed by atoms with Gasteiger partial charge in [-0.3, -0.25) is 4.90 Å². The molecule has 0 bridgehead atoms. The van der Waals surface area contributed by atoms with Crippen LogP contribution in [0.2, 0.25) is 0 Å². The summed E-state index contributed by atoms with van der Waals surface area (Å²) in [5, 5.41) is 0. The fourth-order valence-electron chi connectivity index (χ4n) is 2.48. The van der Waals surface area contributed by atoms with Gasteiger partial charge in [-0.05, 0) is 32.5 Å². The molecule has 0 aliphatic carbocycles. The van der Waals surface area contributed by atoms with Crippen molar-refractivity contribution in [1.29, 1.82) is 0 Å². The molecule has 0 saturated heterocycles. The average molecular weight is 264 g/mol. The summed E-state index contributed by atoms with van der Waals surface area (Å²) < 4.78 is 5.49. The third-order valence-corrected chi connectivity index (χ3v) is 3.67. The van der Waals surface area contributed by atoms with Gasteiger partial charge in [-0.2, -0.15) is 0 Å². The second-order valence-corrected chi connectivity index (χ2v) is 5.09. The summed E-state index contributed by atoms with van der Waals surface area (Å²) in [6, 6.07) is 8.54. The summed E-state index contributed by atoms with van der Waals surface area (Å²) in [7, 11) is 3.88. The minimum Gasteiger partial charge on any atom is -0.496 e. The van der Waals surface area contributed by atoms with Gasteiger partial charge in [0.1, 0.15) is 5.75 Å². The first kappa shape index (κ1) is 16.0. The standard InChI is InChI=1S/C16H28N2O/c1-5-7-12-18(3)16(14(17)6-2)13-10-8-9-11-15(13)19-4/h8-11,14,16H,5-7,12,17H2,1-4H3. The summed E-state index contributed by atoms with van der Waals surface area (Å²) in [6.07, 6.45) is 3.35. The Hall–Kier alpha value is -1.06. The molecule has 1 aromatic rings. The van der Waals surface area contributed by atoms with Crippen LogP contribution < -0.4 is 10.5 Å². The number of nitrogens with two attached hydrogens (primary N) is 1. The van der Waals surface area contributed by atoms with Crippen LogP contribution in [0.5, 0.6) is 5.75 Å². The van der Waals surface area contributed by atoms with Crippen LogP contribution >= 0.6 is 0 Å². The Bertz CT molecular complexity index is 368. The molecule has 0 heterocycles. The van der Waals surface area contributed by atoms with E-state index in [0.717, 1.165) is 18.7 Å². The molecule has 3 nitrogen and oxygen atoms in total. The number of hydrogen-bond acceptors (Lipinski definition) is 3. The number of unbranched alkanes of at least 4 members (excludes halogenated alkanes) is 1. The normalized spacial score (nSPS) is 14.4. The molecule has 0 fully saturated rings. The van der Waals surface area contributed by atoms with Gasteiger partial charge in [0, 0.05) is 11.6 Å². The zero-order chi connectivity index (χ0) is 14.3. The number of nitrogens with zero attached hydrogens (tertiary/aromatic N) is 1. The topological polar surface area (TPSA) is 38.5 Å². The molecule has 0 saturated carbocycles. The van der Waals surface area contributed by atoms with Crippen LogP contribution in [-0.2, 0) is 0 Å². The molecule has 0 amide bonds. The highest BCUT2D eigenvalue weighted by Crippen LogP contribution is 2.31. The molecular formula is C16H28N2O. The van der Waals surface area contributed by atoms with Gasteiger partial charge < -0.3 is 10.5 Å². The lowest BCUT2D eigenvalue weighted by Crippen LogP contribution is -2.39. The SMILES string of the molecule is CCCCN(C)C(c1ccccc1OC)C(N)CC. The van der Waals surface area contributed by atoms with Crippen LogP contribution in [0.1, 0.15) is 44.7 Å². The van der Waals surface area contributed by atoms with E-state index in [1.54, 1.807) is 7.11 Å². The maximum absolute atomic E-state index is 6.35. The quantitative estimate of drug-likeness (QED) is 0.783. The van der Waals surface area contributed by atoms with E-state index in [1.165, 1.54) is 18.4 Å². The summed E-state index contributed by atoms with van der Waals surface area (Å²) in [4.78, 5) is 2.36. The third-order valence-electron chi connectivity index (χ3n) is 3.67. The van der Waals surface area contributed by atoms with Crippen molar-refractivity contribution < 1.29 is 4.74 Å². The first-order valence-corrected chi connectivity index (χ1v) is 7.24. The van der Waals surface area contributed by atoms with Crippen molar-refractivity contribution in [3.05, 3.63) is 29.8 Å². The van der Waals surface area contributed by atoms with E-state index in [9.17, 15) is 0 Å². The molecule has 0 radical (unpaired) electrons. The lowest BCUT2D eigenvalue weighted by molar-refractivity contribution is 0.202. The number of ether oxygens (including phenoxy) is 1. The van der Waals surface area contributed by atoms with Gasteiger partial charge in [0.05, 0.1) is 13.2 Å². The van der Waals surface area contributed by atoms with Gasteiger partial charge in [0.25, 0.3) is 0 Å². The van der Waals surface area contributed by atoms with Crippen LogP contribution in [0.4, 0.5) is 0 Å². The van der Waals surface area contributed by atoms with Crippen molar-refractivity contribution in [2.45, 2.75) is 45.2 Å². The molecule has 3 heteroatoms. The number of benzene rings is 1. The first-order valence-electron chi connectivity index (χ1n) is 7.24. The fourth-order valence-corrected chi connectivity index (χ4v) is 2.48. The number of methoxy groups -OCH3 is 1. The Morgan fingerprint density at radius 2 is 1.95 bits per heavy atom. The van der Waals surface area contributed by atoms with Crippen molar-refractivity contribution in [1.82, 2.24) is 4.90 Å². The van der Waals surface area contributed by atoms with Gasteiger partial charge in [-0.15, -0.1) is 0 Å². The molecule has 0 spiro atoms. The molecule has 1 rings (SSSR count). The smallest absolute Gasteiger partial charge is 0.123 e. The second kappa shape index (κ2) is 8.18. The highest BCUT2D eigenvalue weighted by Gasteiger charge is 2.25. The Morgan fingerprint density at radius 1 is 1.26 bits per heavy atom. The van der Waals surface area contributed by atoms with E-state index in [-0.39, 0.29) is 12.1 Å². The molecule has 0 aromatic heterocycles. The van der Waals surface area contributed by atoms with Crippen molar-refractivity contribution >= 4 is 0 Å². The van der Waals surface area contributed by atoms with E-state index in [4.69, 9.17) is 10.5 Å². The lowest BCUT2D eigenvalue weighted by atomic mass is 9.95. The summed E-state index contributed by atoms with van der Waals surface area (Å²) >= 11 is 0. The van der Waals surface area contributed by atoms with E-state index < -0.39 is 0 Å². The summed E-state index contributed by atoms with van der Waals surface area (Å²) in [6.45, 7) is 5.42. The molecule has 0 aliphatic heterocycles. The highest BCUT2D eigenvalue weighted by atomic mass is 16.5. The molecular weight excluding hydrogens is 236 g/mol. The van der Waals surface area contributed by atoms with Crippen molar-refractivity contribution in [2.75, 3.05) is 20.7 Å². The molecule has 1 aromatic carbocycles. The van der Waals surface area contributed by atoms with E-state index >= 15 is 0 Å². The number of hydrogen-bond donors (Lipinski definition) is 1. The minimum atomic E-state index is 0.123.